The number of aryl methyl sites for hydroxylation is 1. The van der Waals surface area contributed by atoms with Gasteiger partial charge in [0.15, 0.2) is 11.5 Å². The summed E-state index contributed by atoms with van der Waals surface area (Å²) in [6.45, 7) is 3.27. The second kappa shape index (κ2) is 4.78. The van der Waals surface area contributed by atoms with Gasteiger partial charge in [0.25, 0.3) is 0 Å². The van der Waals surface area contributed by atoms with Crippen molar-refractivity contribution in [2.24, 2.45) is 0 Å². The van der Waals surface area contributed by atoms with Gasteiger partial charge in [-0.2, -0.15) is 5.10 Å². The van der Waals surface area contributed by atoms with Gasteiger partial charge < -0.3 is 15.5 Å². The van der Waals surface area contributed by atoms with Gasteiger partial charge in [-0.25, -0.2) is 0 Å². The molecule has 2 aromatic rings. The first-order chi connectivity index (χ1) is 8.20. The number of nitrogens with one attached hydrogen (secondary N) is 1. The lowest BCUT2D eigenvalue weighted by atomic mass is 10.2. The number of hydrogen-bond acceptors (Lipinski definition) is 4. The smallest absolute Gasteiger partial charge is 0.162 e. The van der Waals surface area contributed by atoms with Crippen molar-refractivity contribution in [3.05, 3.63) is 36.2 Å². The van der Waals surface area contributed by atoms with Gasteiger partial charge in [-0.05, 0) is 13.0 Å². The van der Waals surface area contributed by atoms with Crippen LogP contribution in [0.2, 0.25) is 0 Å². The van der Waals surface area contributed by atoms with Crippen molar-refractivity contribution in [3.63, 3.8) is 0 Å². The van der Waals surface area contributed by atoms with E-state index in [-0.39, 0.29) is 11.5 Å². The number of aromatic hydroxyl groups is 2. The number of anilines is 1. The highest BCUT2D eigenvalue weighted by molar-refractivity contribution is 5.47. The van der Waals surface area contributed by atoms with Crippen molar-refractivity contribution in [1.29, 1.82) is 0 Å². The Balaban J connectivity index is 2.04. The molecule has 0 bridgehead atoms. The molecule has 0 saturated heterocycles. The maximum atomic E-state index is 9.62. The van der Waals surface area contributed by atoms with E-state index in [0.29, 0.717) is 12.1 Å². The van der Waals surface area contributed by atoms with Crippen molar-refractivity contribution >= 4 is 5.69 Å². The summed E-state index contributed by atoms with van der Waals surface area (Å²) in [5.41, 5.74) is 1.53. The van der Waals surface area contributed by atoms with Gasteiger partial charge >= 0.3 is 0 Å². The van der Waals surface area contributed by atoms with Crippen LogP contribution in [0.4, 0.5) is 5.69 Å². The molecule has 5 heteroatoms. The summed E-state index contributed by atoms with van der Waals surface area (Å²) in [6, 6.07) is 4.90. The summed E-state index contributed by atoms with van der Waals surface area (Å²) in [4.78, 5) is 0. The molecule has 1 aromatic carbocycles. The highest BCUT2D eigenvalue weighted by Crippen LogP contribution is 2.28. The van der Waals surface area contributed by atoms with Crippen LogP contribution in [0.1, 0.15) is 12.5 Å². The molecular weight excluding hydrogens is 218 g/mol. The first-order valence-electron chi connectivity index (χ1n) is 5.47. The minimum Gasteiger partial charge on any atom is -0.504 e. The molecule has 0 unspecified atom stereocenters. The third-order valence-corrected chi connectivity index (χ3v) is 2.54. The SMILES string of the molecule is CCn1cc(NCc2cccc(O)c2O)cn1. The second-order valence-electron chi connectivity index (χ2n) is 3.72. The van der Waals surface area contributed by atoms with Crippen LogP contribution in [0.15, 0.2) is 30.6 Å². The monoisotopic (exact) mass is 233 g/mol. The average molecular weight is 233 g/mol. The van der Waals surface area contributed by atoms with Crippen molar-refractivity contribution in [1.82, 2.24) is 9.78 Å². The molecule has 0 atom stereocenters. The van der Waals surface area contributed by atoms with E-state index in [2.05, 4.69) is 10.4 Å². The molecule has 3 N–H and O–H groups in total. The quantitative estimate of drug-likeness (QED) is 0.706. The fraction of sp³-hybridized carbons (Fsp3) is 0.250. The third kappa shape index (κ3) is 2.50. The summed E-state index contributed by atoms with van der Waals surface area (Å²) in [5.74, 6) is -0.184. The lowest BCUT2D eigenvalue weighted by Crippen LogP contribution is -1.99. The van der Waals surface area contributed by atoms with Crippen LogP contribution < -0.4 is 5.32 Å². The van der Waals surface area contributed by atoms with Crippen LogP contribution >= 0.6 is 0 Å². The average Bonchev–Trinajstić information content (AvgIpc) is 2.79. The first-order valence-corrected chi connectivity index (χ1v) is 5.47. The van der Waals surface area contributed by atoms with Crippen LogP contribution in [0.25, 0.3) is 0 Å². The van der Waals surface area contributed by atoms with Crippen molar-refractivity contribution < 1.29 is 10.2 Å². The zero-order valence-corrected chi connectivity index (χ0v) is 9.59. The van der Waals surface area contributed by atoms with Crippen molar-refractivity contribution in [2.45, 2.75) is 20.0 Å². The molecule has 90 valence electrons. The lowest BCUT2D eigenvalue weighted by molar-refractivity contribution is 0.400. The summed E-state index contributed by atoms with van der Waals surface area (Å²) in [5, 5.41) is 26.2. The van der Waals surface area contributed by atoms with Crippen LogP contribution in [0, 0.1) is 0 Å². The van der Waals surface area contributed by atoms with Gasteiger partial charge in [-0.3, -0.25) is 4.68 Å². The number of rotatable bonds is 4. The van der Waals surface area contributed by atoms with Gasteiger partial charge in [0.2, 0.25) is 0 Å². The molecule has 1 aromatic heterocycles. The van der Waals surface area contributed by atoms with E-state index in [1.165, 1.54) is 6.07 Å². The maximum Gasteiger partial charge on any atom is 0.162 e. The normalized spacial score (nSPS) is 10.4. The van der Waals surface area contributed by atoms with Gasteiger partial charge in [-0.15, -0.1) is 0 Å². The summed E-state index contributed by atoms with van der Waals surface area (Å²) < 4.78 is 1.81. The van der Waals surface area contributed by atoms with Crippen molar-refractivity contribution in [3.8, 4) is 11.5 Å². The topological polar surface area (TPSA) is 70.3 Å². The minimum atomic E-state index is -0.103. The third-order valence-electron chi connectivity index (χ3n) is 2.54. The molecule has 5 nitrogen and oxygen atoms in total. The number of benzene rings is 1. The molecule has 17 heavy (non-hydrogen) atoms. The van der Waals surface area contributed by atoms with Gasteiger partial charge in [0.1, 0.15) is 0 Å². The lowest BCUT2D eigenvalue weighted by Gasteiger charge is -2.07. The Hall–Kier alpha value is -2.17. The Bertz CT molecular complexity index is 508. The summed E-state index contributed by atoms with van der Waals surface area (Å²) in [7, 11) is 0. The predicted octanol–water partition coefficient (Wildman–Crippen LogP) is 1.93. The van der Waals surface area contributed by atoms with Gasteiger partial charge in [-0.1, -0.05) is 12.1 Å². The van der Waals surface area contributed by atoms with E-state index >= 15 is 0 Å². The van der Waals surface area contributed by atoms with Crippen LogP contribution in [0.5, 0.6) is 11.5 Å². The number of para-hydroxylation sites is 1. The Kier molecular flexibility index (Phi) is 3.18. The molecule has 1 heterocycles. The Morgan fingerprint density at radius 3 is 2.88 bits per heavy atom. The molecular formula is C12H15N3O2. The molecule has 0 amide bonds. The predicted molar refractivity (Wildman–Crippen MR) is 65.0 cm³/mol. The standard InChI is InChI=1S/C12H15N3O2/c1-2-15-8-10(7-14-15)13-6-9-4-3-5-11(16)12(9)17/h3-5,7-8,13,16-17H,2,6H2,1H3. The van der Waals surface area contributed by atoms with E-state index in [0.717, 1.165) is 12.2 Å². The first kappa shape index (κ1) is 11.3. The van der Waals surface area contributed by atoms with Crippen LogP contribution in [-0.2, 0) is 13.1 Å². The van der Waals surface area contributed by atoms with Crippen molar-refractivity contribution in [2.75, 3.05) is 5.32 Å². The Labute approximate surface area is 99.3 Å². The summed E-state index contributed by atoms with van der Waals surface area (Å²) >= 11 is 0. The number of phenols is 2. The Morgan fingerprint density at radius 1 is 1.35 bits per heavy atom. The Morgan fingerprint density at radius 2 is 2.18 bits per heavy atom. The highest BCUT2D eigenvalue weighted by Gasteiger charge is 2.05. The highest BCUT2D eigenvalue weighted by atomic mass is 16.3. The maximum absolute atomic E-state index is 9.62. The molecule has 0 fully saturated rings. The molecule has 0 saturated carbocycles. The molecule has 0 radical (unpaired) electrons. The summed E-state index contributed by atoms with van der Waals surface area (Å²) in [6.07, 6.45) is 3.61. The zero-order chi connectivity index (χ0) is 12.3. The van der Waals surface area contributed by atoms with Gasteiger partial charge in [0, 0.05) is 24.8 Å². The molecule has 0 aliphatic heterocycles. The van der Waals surface area contributed by atoms with Gasteiger partial charge in [0.05, 0.1) is 11.9 Å². The fourth-order valence-corrected chi connectivity index (χ4v) is 1.55. The molecule has 0 spiro atoms. The molecule has 0 aliphatic rings. The van der Waals surface area contributed by atoms with E-state index in [1.807, 2.05) is 17.8 Å². The largest absolute Gasteiger partial charge is 0.504 e. The van der Waals surface area contributed by atoms with Crippen LogP contribution in [-0.4, -0.2) is 20.0 Å². The zero-order valence-electron chi connectivity index (χ0n) is 9.59. The van der Waals surface area contributed by atoms with E-state index in [1.54, 1.807) is 18.3 Å². The van der Waals surface area contributed by atoms with E-state index < -0.39 is 0 Å². The molecule has 2 rings (SSSR count). The number of aromatic nitrogens is 2. The number of phenolic OH excluding ortho intramolecular Hbond substituents is 2. The number of hydrogen-bond donors (Lipinski definition) is 3. The van der Waals surface area contributed by atoms with E-state index in [9.17, 15) is 10.2 Å². The molecule has 0 aliphatic carbocycles. The fourth-order valence-electron chi connectivity index (χ4n) is 1.55. The van der Waals surface area contributed by atoms with E-state index in [4.69, 9.17) is 0 Å². The number of nitrogens with zero attached hydrogens (tertiary/aromatic N) is 2. The van der Waals surface area contributed by atoms with Crippen LogP contribution in [0.3, 0.4) is 0 Å². The minimum absolute atomic E-state index is 0.0807. The second-order valence-corrected chi connectivity index (χ2v) is 3.72.